The summed E-state index contributed by atoms with van der Waals surface area (Å²) >= 11 is 9.08. The smallest absolute Gasteiger partial charge is 0.306 e. The van der Waals surface area contributed by atoms with Crippen LogP contribution in [-0.4, -0.2) is 24.4 Å². The Morgan fingerprint density at radius 3 is 2.04 bits per heavy atom. The Balaban J connectivity index is 1.61. The average molecular weight is 454 g/mol. The SMILES string of the molecule is O=C(CCCC(=O)OCC(=O)Nc1ccc(Cl)cc1)Nc1ccc(Br)cc1. The van der Waals surface area contributed by atoms with Gasteiger partial charge in [-0.1, -0.05) is 27.5 Å². The molecule has 0 fully saturated rings. The van der Waals surface area contributed by atoms with E-state index in [0.29, 0.717) is 22.8 Å². The summed E-state index contributed by atoms with van der Waals surface area (Å²) in [6.45, 7) is -0.382. The van der Waals surface area contributed by atoms with Gasteiger partial charge in [0.15, 0.2) is 6.61 Å². The van der Waals surface area contributed by atoms with Crippen LogP contribution >= 0.6 is 27.5 Å². The fraction of sp³-hybridized carbons (Fsp3) is 0.211. The van der Waals surface area contributed by atoms with Crippen LogP contribution in [0, 0.1) is 0 Å². The molecule has 0 saturated carbocycles. The Morgan fingerprint density at radius 1 is 0.852 bits per heavy atom. The second-order valence-corrected chi connectivity index (χ2v) is 6.98. The van der Waals surface area contributed by atoms with Gasteiger partial charge in [0.1, 0.15) is 0 Å². The lowest BCUT2D eigenvalue weighted by atomic mass is 10.2. The van der Waals surface area contributed by atoms with Crippen LogP contribution < -0.4 is 10.6 Å². The molecule has 0 saturated heterocycles. The van der Waals surface area contributed by atoms with E-state index in [1.165, 1.54) is 0 Å². The van der Waals surface area contributed by atoms with E-state index in [1.54, 1.807) is 36.4 Å². The molecule has 0 aliphatic heterocycles. The number of carbonyl (C=O) groups excluding carboxylic acids is 3. The van der Waals surface area contributed by atoms with Gasteiger partial charge in [0.05, 0.1) is 0 Å². The number of nitrogens with one attached hydrogen (secondary N) is 2. The Labute approximate surface area is 170 Å². The third-order valence-corrected chi connectivity index (χ3v) is 4.19. The minimum atomic E-state index is -0.530. The summed E-state index contributed by atoms with van der Waals surface area (Å²) in [5, 5.41) is 5.89. The highest BCUT2D eigenvalue weighted by atomic mass is 79.9. The number of halogens is 2. The zero-order valence-electron chi connectivity index (χ0n) is 14.3. The van der Waals surface area contributed by atoms with E-state index < -0.39 is 11.9 Å². The van der Waals surface area contributed by atoms with Gasteiger partial charge < -0.3 is 15.4 Å². The van der Waals surface area contributed by atoms with Crippen LogP contribution in [0.4, 0.5) is 11.4 Å². The molecule has 2 amide bonds. The van der Waals surface area contributed by atoms with Crippen molar-refractivity contribution < 1.29 is 19.1 Å². The minimum Gasteiger partial charge on any atom is -0.456 e. The number of hydrogen-bond acceptors (Lipinski definition) is 4. The fourth-order valence-electron chi connectivity index (χ4n) is 2.10. The van der Waals surface area contributed by atoms with E-state index >= 15 is 0 Å². The molecule has 8 heteroatoms. The molecule has 0 aliphatic carbocycles. The first-order valence-corrected chi connectivity index (χ1v) is 9.36. The molecule has 2 N–H and O–H groups in total. The Morgan fingerprint density at radius 2 is 1.41 bits per heavy atom. The van der Waals surface area contributed by atoms with E-state index in [1.807, 2.05) is 12.1 Å². The molecule has 2 rings (SSSR count). The van der Waals surface area contributed by atoms with Gasteiger partial charge in [-0.2, -0.15) is 0 Å². The first kappa shape index (κ1) is 20.9. The molecule has 142 valence electrons. The van der Waals surface area contributed by atoms with Crippen molar-refractivity contribution in [1.29, 1.82) is 0 Å². The molecule has 0 bridgehead atoms. The lowest BCUT2D eigenvalue weighted by molar-refractivity contribution is -0.147. The largest absolute Gasteiger partial charge is 0.456 e. The van der Waals surface area contributed by atoms with Crippen LogP contribution in [-0.2, 0) is 19.1 Å². The van der Waals surface area contributed by atoms with Gasteiger partial charge in [-0.15, -0.1) is 0 Å². The maximum atomic E-state index is 11.8. The molecule has 0 aromatic heterocycles. The number of hydrogen-bond donors (Lipinski definition) is 2. The van der Waals surface area contributed by atoms with Gasteiger partial charge in [0.2, 0.25) is 5.91 Å². The van der Waals surface area contributed by atoms with Gasteiger partial charge in [0, 0.05) is 33.7 Å². The molecular formula is C19H18BrClN2O4. The number of benzene rings is 2. The quantitative estimate of drug-likeness (QED) is 0.581. The van der Waals surface area contributed by atoms with E-state index in [-0.39, 0.29) is 25.4 Å². The predicted molar refractivity (Wildman–Crippen MR) is 108 cm³/mol. The molecular weight excluding hydrogens is 436 g/mol. The third-order valence-electron chi connectivity index (χ3n) is 3.40. The van der Waals surface area contributed by atoms with Crippen molar-refractivity contribution in [3.05, 3.63) is 58.0 Å². The van der Waals surface area contributed by atoms with E-state index in [9.17, 15) is 14.4 Å². The topological polar surface area (TPSA) is 84.5 Å². The standard InChI is InChI=1S/C19H18BrClN2O4/c20-13-4-8-15(9-5-13)22-17(24)2-1-3-19(26)27-12-18(25)23-16-10-6-14(21)7-11-16/h4-11H,1-3,12H2,(H,22,24)(H,23,25). The van der Waals surface area contributed by atoms with Crippen molar-refractivity contribution in [2.75, 3.05) is 17.2 Å². The predicted octanol–water partition coefficient (Wildman–Crippen LogP) is 4.39. The van der Waals surface area contributed by atoms with Gasteiger partial charge in [0.25, 0.3) is 5.91 Å². The second-order valence-electron chi connectivity index (χ2n) is 5.62. The summed E-state index contributed by atoms with van der Waals surface area (Å²) in [6.07, 6.45) is 0.574. The highest BCUT2D eigenvalue weighted by Gasteiger charge is 2.10. The summed E-state index contributed by atoms with van der Waals surface area (Å²) in [7, 11) is 0. The van der Waals surface area contributed by atoms with Crippen molar-refractivity contribution in [2.45, 2.75) is 19.3 Å². The molecule has 27 heavy (non-hydrogen) atoms. The molecule has 2 aromatic rings. The van der Waals surface area contributed by atoms with E-state index in [0.717, 1.165) is 4.47 Å². The van der Waals surface area contributed by atoms with Crippen LogP contribution in [0.3, 0.4) is 0 Å². The summed E-state index contributed by atoms with van der Waals surface area (Å²) in [6, 6.07) is 13.8. The van der Waals surface area contributed by atoms with Crippen molar-refractivity contribution in [3.63, 3.8) is 0 Å². The zero-order chi connectivity index (χ0) is 19.6. The van der Waals surface area contributed by atoms with Crippen LogP contribution in [0.25, 0.3) is 0 Å². The molecule has 0 radical (unpaired) electrons. The highest BCUT2D eigenvalue weighted by Crippen LogP contribution is 2.15. The van der Waals surface area contributed by atoms with Crippen LogP contribution in [0.5, 0.6) is 0 Å². The number of esters is 1. The number of anilines is 2. The monoisotopic (exact) mass is 452 g/mol. The normalized spacial score (nSPS) is 10.1. The maximum Gasteiger partial charge on any atom is 0.306 e. The van der Waals surface area contributed by atoms with Gasteiger partial charge in [-0.05, 0) is 55.0 Å². The molecule has 0 heterocycles. The lowest BCUT2D eigenvalue weighted by Gasteiger charge is -2.07. The third kappa shape index (κ3) is 8.23. The van der Waals surface area contributed by atoms with Gasteiger partial charge in [-0.25, -0.2) is 0 Å². The maximum absolute atomic E-state index is 11.8. The van der Waals surface area contributed by atoms with Gasteiger partial charge in [-0.3, -0.25) is 14.4 Å². The van der Waals surface area contributed by atoms with Crippen LogP contribution in [0.2, 0.25) is 5.02 Å². The van der Waals surface area contributed by atoms with E-state index in [2.05, 4.69) is 26.6 Å². The molecule has 0 unspecified atom stereocenters. The molecule has 6 nitrogen and oxygen atoms in total. The Bertz CT molecular complexity index is 794. The van der Waals surface area contributed by atoms with Crippen molar-refractivity contribution in [1.82, 2.24) is 0 Å². The molecule has 0 aliphatic rings. The summed E-state index contributed by atoms with van der Waals surface area (Å²) in [5.41, 5.74) is 1.25. The second kappa shape index (κ2) is 10.7. The van der Waals surface area contributed by atoms with Crippen molar-refractivity contribution in [2.24, 2.45) is 0 Å². The van der Waals surface area contributed by atoms with Crippen LogP contribution in [0.1, 0.15) is 19.3 Å². The summed E-state index contributed by atoms with van der Waals surface area (Å²) in [5.74, 6) is -1.16. The lowest BCUT2D eigenvalue weighted by Crippen LogP contribution is -2.21. The highest BCUT2D eigenvalue weighted by molar-refractivity contribution is 9.10. The Kier molecular flexibility index (Phi) is 8.29. The summed E-state index contributed by atoms with van der Waals surface area (Å²) in [4.78, 5) is 35.2. The minimum absolute atomic E-state index is 0.0575. The summed E-state index contributed by atoms with van der Waals surface area (Å²) < 4.78 is 5.82. The molecule has 0 spiro atoms. The number of ether oxygens (including phenoxy) is 1. The number of carbonyl (C=O) groups is 3. The van der Waals surface area contributed by atoms with Crippen LogP contribution in [0.15, 0.2) is 53.0 Å². The number of amides is 2. The first-order valence-electron chi connectivity index (χ1n) is 8.19. The van der Waals surface area contributed by atoms with Crippen molar-refractivity contribution >= 4 is 56.7 Å². The first-order chi connectivity index (χ1) is 12.9. The van der Waals surface area contributed by atoms with Gasteiger partial charge >= 0.3 is 5.97 Å². The average Bonchev–Trinajstić information content (AvgIpc) is 2.64. The van der Waals surface area contributed by atoms with E-state index in [4.69, 9.17) is 16.3 Å². The van der Waals surface area contributed by atoms with Crippen molar-refractivity contribution in [3.8, 4) is 0 Å². The molecule has 0 atom stereocenters. The zero-order valence-corrected chi connectivity index (χ0v) is 16.7. The number of rotatable bonds is 8. The fourth-order valence-corrected chi connectivity index (χ4v) is 2.49. The molecule has 2 aromatic carbocycles. The Hall–Kier alpha value is -2.38.